The van der Waals surface area contributed by atoms with Crippen LogP contribution in [0.5, 0.6) is 0 Å². The predicted molar refractivity (Wildman–Crippen MR) is 108 cm³/mol. The lowest BCUT2D eigenvalue weighted by Crippen LogP contribution is -2.42. The normalized spacial score (nSPS) is 10.9. The number of hydrogen-bond donors (Lipinski definition) is 4. The van der Waals surface area contributed by atoms with Crippen LogP contribution in [0.4, 0.5) is 4.79 Å². The van der Waals surface area contributed by atoms with Gasteiger partial charge < -0.3 is 11.1 Å². The second kappa shape index (κ2) is 18.8. The SMILES string of the molecule is CCCCCCCCC=CCCCCCCCCNC(=O)NC(=N)N. The highest BCUT2D eigenvalue weighted by atomic mass is 16.2. The van der Waals surface area contributed by atoms with Gasteiger partial charge in [-0.25, -0.2) is 4.79 Å². The Kier molecular flexibility index (Phi) is 17.7. The first-order chi connectivity index (χ1) is 12.2. The number of unbranched alkanes of at least 4 members (excludes halogenated alkanes) is 12. The number of carbonyl (C=O) groups excluding carboxylic acids is 1. The summed E-state index contributed by atoms with van der Waals surface area (Å²) < 4.78 is 0. The zero-order chi connectivity index (χ0) is 18.6. The van der Waals surface area contributed by atoms with Gasteiger partial charge in [-0.05, 0) is 32.1 Å². The van der Waals surface area contributed by atoms with E-state index < -0.39 is 0 Å². The Morgan fingerprint density at radius 2 is 1.32 bits per heavy atom. The van der Waals surface area contributed by atoms with Crippen LogP contribution < -0.4 is 16.4 Å². The summed E-state index contributed by atoms with van der Waals surface area (Å²) in [4.78, 5) is 11.2. The summed E-state index contributed by atoms with van der Waals surface area (Å²) in [6.45, 7) is 2.90. The molecule has 0 unspecified atom stereocenters. The Morgan fingerprint density at radius 3 is 1.84 bits per heavy atom. The Balaban J connectivity index is 3.17. The van der Waals surface area contributed by atoms with E-state index in [9.17, 15) is 4.79 Å². The van der Waals surface area contributed by atoms with Gasteiger partial charge in [0.05, 0.1) is 0 Å². The van der Waals surface area contributed by atoms with E-state index in [1.807, 2.05) is 0 Å². The molecule has 0 fully saturated rings. The maximum Gasteiger partial charge on any atom is 0.321 e. The lowest BCUT2D eigenvalue weighted by Gasteiger charge is -2.05. The van der Waals surface area contributed by atoms with Crippen molar-refractivity contribution in [2.75, 3.05) is 6.54 Å². The van der Waals surface area contributed by atoms with Crippen LogP contribution in [0.3, 0.4) is 0 Å². The molecule has 0 saturated heterocycles. The van der Waals surface area contributed by atoms with E-state index in [2.05, 4.69) is 29.7 Å². The molecule has 0 aromatic rings. The van der Waals surface area contributed by atoms with Crippen molar-refractivity contribution in [1.82, 2.24) is 10.6 Å². The van der Waals surface area contributed by atoms with Crippen molar-refractivity contribution in [2.45, 2.75) is 96.8 Å². The van der Waals surface area contributed by atoms with Gasteiger partial charge in [0.15, 0.2) is 5.96 Å². The van der Waals surface area contributed by atoms with Crippen LogP contribution in [0.25, 0.3) is 0 Å². The molecule has 0 rings (SSSR count). The Labute approximate surface area is 154 Å². The number of amides is 2. The van der Waals surface area contributed by atoms with Crippen LogP contribution in [-0.4, -0.2) is 18.5 Å². The molecule has 146 valence electrons. The number of hydrogen-bond acceptors (Lipinski definition) is 2. The molecule has 0 heterocycles. The molecule has 0 spiro atoms. The van der Waals surface area contributed by atoms with E-state index in [1.54, 1.807) is 0 Å². The van der Waals surface area contributed by atoms with E-state index in [4.69, 9.17) is 11.1 Å². The number of nitrogens with one attached hydrogen (secondary N) is 3. The predicted octanol–water partition coefficient (Wildman–Crippen LogP) is 5.22. The summed E-state index contributed by atoms with van der Waals surface area (Å²) >= 11 is 0. The third-order valence-corrected chi connectivity index (χ3v) is 4.22. The molecule has 2 amide bonds. The highest BCUT2D eigenvalue weighted by Gasteiger charge is 1.99. The van der Waals surface area contributed by atoms with Crippen LogP contribution in [-0.2, 0) is 0 Å². The molecular weight excluding hydrogens is 312 g/mol. The van der Waals surface area contributed by atoms with Gasteiger partial charge in [-0.3, -0.25) is 10.7 Å². The first kappa shape index (κ1) is 23.5. The molecule has 0 aromatic heterocycles. The van der Waals surface area contributed by atoms with E-state index in [0.29, 0.717) is 6.54 Å². The third kappa shape index (κ3) is 20.4. The minimum atomic E-state index is -0.389. The van der Waals surface area contributed by atoms with Crippen molar-refractivity contribution in [1.29, 1.82) is 5.41 Å². The van der Waals surface area contributed by atoms with E-state index >= 15 is 0 Å². The zero-order valence-corrected chi connectivity index (χ0v) is 16.2. The van der Waals surface area contributed by atoms with Crippen LogP contribution in [0.2, 0.25) is 0 Å². The zero-order valence-electron chi connectivity index (χ0n) is 16.2. The number of carbonyl (C=O) groups is 1. The lowest BCUT2D eigenvalue weighted by atomic mass is 10.1. The van der Waals surface area contributed by atoms with Gasteiger partial charge in [0.1, 0.15) is 0 Å². The van der Waals surface area contributed by atoms with Gasteiger partial charge in [-0.1, -0.05) is 76.9 Å². The smallest absolute Gasteiger partial charge is 0.321 e. The van der Waals surface area contributed by atoms with E-state index in [1.165, 1.54) is 77.0 Å². The molecule has 5 N–H and O–H groups in total. The first-order valence-electron chi connectivity index (χ1n) is 10.2. The van der Waals surface area contributed by atoms with E-state index in [0.717, 1.165) is 12.8 Å². The van der Waals surface area contributed by atoms with Gasteiger partial charge in [-0.15, -0.1) is 0 Å². The monoisotopic (exact) mass is 352 g/mol. The van der Waals surface area contributed by atoms with Crippen molar-refractivity contribution in [3.8, 4) is 0 Å². The Bertz CT molecular complexity index is 356. The second-order valence-electron chi connectivity index (χ2n) is 6.73. The molecule has 0 aliphatic heterocycles. The number of rotatable bonds is 16. The first-order valence-corrected chi connectivity index (χ1v) is 10.2. The standard InChI is InChI=1S/C20H40N4O/c1-2-3-4-5-6-7-8-9-10-11-12-13-14-15-16-17-18-23-20(25)24-19(21)22/h9-10H,2-8,11-18H2,1H3,(H5,21,22,23,24,25). The Hall–Kier alpha value is -1.52. The van der Waals surface area contributed by atoms with Crippen LogP contribution >= 0.6 is 0 Å². The minimum absolute atomic E-state index is 0.321. The van der Waals surface area contributed by atoms with Crippen LogP contribution in [0.15, 0.2) is 12.2 Å². The van der Waals surface area contributed by atoms with Crippen molar-refractivity contribution in [2.24, 2.45) is 5.73 Å². The maximum atomic E-state index is 11.2. The second-order valence-corrected chi connectivity index (χ2v) is 6.73. The summed E-state index contributed by atoms with van der Waals surface area (Å²) in [5, 5.41) is 11.8. The van der Waals surface area contributed by atoms with Gasteiger partial charge in [0.2, 0.25) is 0 Å². The third-order valence-electron chi connectivity index (χ3n) is 4.22. The van der Waals surface area contributed by atoms with Crippen molar-refractivity contribution in [3.05, 3.63) is 12.2 Å². The molecule has 0 radical (unpaired) electrons. The fourth-order valence-corrected chi connectivity index (χ4v) is 2.74. The molecular formula is C20H40N4O. The fourth-order valence-electron chi connectivity index (χ4n) is 2.74. The molecule has 5 nitrogen and oxygen atoms in total. The summed E-state index contributed by atoms with van der Waals surface area (Å²) in [5.41, 5.74) is 5.07. The molecule has 0 aromatic carbocycles. The summed E-state index contributed by atoms with van der Waals surface area (Å²) in [7, 11) is 0. The van der Waals surface area contributed by atoms with Gasteiger partial charge >= 0.3 is 6.03 Å². The number of guanidine groups is 1. The van der Waals surface area contributed by atoms with Crippen LogP contribution in [0, 0.1) is 5.41 Å². The maximum absolute atomic E-state index is 11.2. The minimum Gasteiger partial charge on any atom is -0.370 e. The number of nitrogens with two attached hydrogens (primary N) is 1. The fraction of sp³-hybridized carbons (Fsp3) is 0.800. The van der Waals surface area contributed by atoms with Crippen molar-refractivity contribution >= 4 is 12.0 Å². The van der Waals surface area contributed by atoms with E-state index in [-0.39, 0.29) is 12.0 Å². The van der Waals surface area contributed by atoms with Gasteiger partial charge in [0, 0.05) is 6.54 Å². The number of allylic oxidation sites excluding steroid dienone is 2. The summed E-state index contributed by atoms with van der Waals surface area (Å²) in [6.07, 6.45) is 22.6. The topological polar surface area (TPSA) is 91.0 Å². The summed E-state index contributed by atoms with van der Waals surface area (Å²) in [6, 6.07) is -0.389. The van der Waals surface area contributed by atoms with Gasteiger partial charge in [0.25, 0.3) is 0 Å². The lowest BCUT2D eigenvalue weighted by molar-refractivity contribution is 0.245. The molecule has 0 atom stereocenters. The highest BCUT2D eigenvalue weighted by Crippen LogP contribution is 2.09. The summed E-state index contributed by atoms with van der Waals surface area (Å²) in [5.74, 6) is -0.321. The largest absolute Gasteiger partial charge is 0.370 e. The molecule has 5 heteroatoms. The average Bonchev–Trinajstić information content (AvgIpc) is 2.57. The number of urea groups is 1. The average molecular weight is 353 g/mol. The van der Waals surface area contributed by atoms with Crippen LogP contribution in [0.1, 0.15) is 96.8 Å². The molecule has 25 heavy (non-hydrogen) atoms. The quantitative estimate of drug-likeness (QED) is 0.133. The Morgan fingerprint density at radius 1 is 0.840 bits per heavy atom. The molecule has 0 saturated carbocycles. The van der Waals surface area contributed by atoms with Crippen molar-refractivity contribution < 1.29 is 4.79 Å². The van der Waals surface area contributed by atoms with Crippen molar-refractivity contribution in [3.63, 3.8) is 0 Å². The molecule has 0 bridgehead atoms. The van der Waals surface area contributed by atoms with Gasteiger partial charge in [-0.2, -0.15) is 0 Å². The molecule has 0 aliphatic carbocycles. The molecule has 0 aliphatic rings. The highest BCUT2D eigenvalue weighted by molar-refractivity contribution is 5.93.